The fraction of sp³-hybridized carbons (Fsp3) is 0. The van der Waals surface area contributed by atoms with Gasteiger partial charge in [-0.3, -0.25) is 9.78 Å². The molecule has 15 heavy (non-hydrogen) atoms. The maximum absolute atomic E-state index is 11.3. The van der Waals surface area contributed by atoms with Crippen LogP contribution >= 0.6 is 0 Å². The first-order chi connectivity index (χ1) is 7.11. The first kappa shape index (κ1) is 9.20. The van der Waals surface area contributed by atoms with Crippen molar-refractivity contribution in [2.45, 2.75) is 0 Å². The standard InChI is InChI=1S/C9H6N2O4/c12-7-5-3-1-2-4-6(5)11(9(14)15)8(13)10-7/h1-4H,(H,14,15)(H,10,12,13). The van der Waals surface area contributed by atoms with Crippen molar-refractivity contribution in [1.82, 2.24) is 9.55 Å². The fourth-order valence-corrected chi connectivity index (χ4v) is 1.38. The Kier molecular flexibility index (Phi) is 1.89. The van der Waals surface area contributed by atoms with E-state index < -0.39 is 17.3 Å². The predicted molar refractivity (Wildman–Crippen MR) is 52.3 cm³/mol. The van der Waals surface area contributed by atoms with Gasteiger partial charge in [0, 0.05) is 0 Å². The van der Waals surface area contributed by atoms with E-state index in [-0.39, 0.29) is 10.9 Å². The van der Waals surface area contributed by atoms with Crippen molar-refractivity contribution in [3.8, 4) is 0 Å². The van der Waals surface area contributed by atoms with Gasteiger partial charge in [0.25, 0.3) is 5.56 Å². The number of fused-ring (bicyclic) bond motifs is 1. The third-order valence-corrected chi connectivity index (χ3v) is 2.00. The van der Waals surface area contributed by atoms with Crippen LogP contribution in [0.4, 0.5) is 4.79 Å². The van der Waals surface area contributed by atoms with Crippen LogP contribution < -0.4 is 11.2 Å². The number of nitrogens with one attached hydrogen (secondary N) is 1. The number of aromatic amines is 1. The molecule has 0 fully saturated rings. The summed E-state index contributed by atoms with van der Waals surface area (Å²) in [7, 11) is 0. The monoisotopic (exact) mass is 206 g/mol. The van der Waals surface area contributed by atoms with Gasteiger partial charge in [0.05, 0.1) is 10.9 Å². The summed E-state index contributed by atoms with van der Waals surface area (Å²) in [5.74, 6) is 0. The van der Waals surface area contributed by atoms with E-state index in [0.717, 1.165) is 0 Å². The minimum absolute atomic E-state index is 0.0822. The number of carbonyl (C=O) groups is 1. The average Bonchev–Trinajstić information content (AvgIpc) is 2.17. The molecule has 6 heteroatoms. The van der Waals surface area contributed by atoms with E-state index in [1.807, 2.05) is 4.98 Å². The zero-order chi connectivity index (χ0) is 11.0. The molecule has 1 aromatic carbocycles. The molecule has 0 bridgehead atoms. The molecule has 2 N–H and O–H groups in total. The van der Waals surface area contributed by atoms with Crippen LogP contribution in [0.2, 0.25) is 0 Å². The molecule has 0 aliphatic carbocycles. The zero-order valence-electron chi connectivity index (χ0n) is 7.43. The van der Waals surface area contributed by atoms with Crippen molar-refractivity contribution in [3.63, 3.8) is 0 Å². The molecule has 0 aliphatic rings. The molecule has 0 saturated carbocycles. The lowest BCUT2D eigenvalue weighted by atomic mass is 10.2. The second-order valence-corrected chi connectivity index (χ2v) is 2.89. The van der Waals surface area contributed by atoms with Gasteiger partial charge < -0.3 is 5.11 Å². The van der Waals surface area contributed by atoms with Gasteiger partial charge in [-0.05, 0) is 12.1 Å². The van der Waals surface area contributed by atoms with E-state index in [2.05, 4.69) is 0 Å². The first-order valence-electron chi connectivity index (χ1n) is 4.08. The number of benzene rings is 1. The molecule has 0 spiro atoms. The SMILES string of the molecule is O=C(O)n1c(=O)[nH]c(=O)c2ccccc21. The van der Waals surface area contributed by atoms with Gasteiger partial charge in [-0.1, -0.05) is 12.1 Å². The number of carboxylic acid groups (broad SMARTS) is 1. The van der Waals surface area contributed by atoms with Crippen LogP contribution in [-0.2, 0) is 0 Å². The van der Waals surface area contributed by atoms with Gasteiger partial charge in [-0.25, -0.2) is 9.59 Å². The quantitative estimate of drug-likeness (QED) is 0.644. The number of nitrogens with zero attached hydrogens (tertiary/aromatic N) is 1. The molecular weight excluding hydrogens is 200 g/mol. The molecular formula is C9H6N2O4. The van der Waals surface area contributed by atoms with Crippen molar-refractivity contribution in [2.24, 2.45) is 0 Å². The third-order valence-electron chi connectivity index (χ3n) is 2.00. The molecule has 0 radical (unpaired) electrons. The summed E-state index contributed by atoms with van der Waals surface area (Å²) < 4.78 is 0.497. The van der Waals surface area contributed by atoms with Crippen molar-refractivity contribution in [1.29, 1.82) is 0 Å². The molecule has 2 aromatic rings. The summed E-state index contributed by atoms with van der Waals surface area (Å²) in [6, 6.07) is 6.00. The maximum Gasteiger partial charge on any atom is 0.420 e. The summed E-state index contributed by atoms with van der Waals surface area (Å²) in [5, 5.41) is 8.96. The number of hydrogen-bond acceptors (Lipinski definition) is 3. The van der Waals surface area contributed by atoms with Gasteiger partial charge in [0.15, 0.2) is 0 Å². The van der Waals surface area contributed by atoms with Crippen molar-refractivity contribution in [2.75, 3.05) is 0 Å². The average molecular weight is 206 g/mol. The Morgan fingerprint density at radius 3 is 2.60 bits per heavy atom. The third kappa shape index (κ3) is 1.32. The molecule has 0 unspecified atom stereocenters. The molecule has 2 rings (SSSR count). The van der Waals surface area contributed by atoms with Gasteiger partial charge >= 0.3 is 11.8 Å². The van der Waals surface area contributed by atoms with E-state index in [0.29, 0.717) is 4.57 Å². The number of rotatable bonds is 0. The number of para-hydroxylation sites is 1. The Labute approximate surface area is 82.4 Å². The van der Waals surface area contributed by atoms with E-state index in [1.165, 1.54) is 12.1 Å². The largest absolute Gasteiger partial charge is 0.464 e. The normalized spacial score (nSPS) is 10.4. The van der Waals surface area contributed by atoms with Crippen LogP contribution in [0.15, 0.2) is 33.9 Å². The van der Waals surface area contributed by atoms with Crippen LogP contribution in [0.5, 0.6) is 0 Å². The highest BCUT2D eigenvalue weighted by Gasteiger charge is 2.11. The predicted octanol–water partition coefficient (Wildman–Crippen LogP) is 0.216. The van der Waals surface area contributed by atoms with Gasteiger partial charge in [-0.15, -0.1) is 0 Å². The number of hydrogen-bond donors (Lipinski definition) is 2. The van der Waals surface area contributed by atoms with Crippen molar-refractivity contribution < 1.29 is 9.90 Å². The fourth-order valence-electron chi connectivity index (χ4n) is 1.38. The minimum Gasteiger partial charge on any atom is -0.464 e. The molecule has 0 aliphatic heterocycles. The molecule has 6 nitrogen and oxygen atoms in total. The summed E-state index contributed by atoms with van der Waals surface area (Å²) in [5.41, 5.74) is -1.46. The van der Waals surface area contributed by atoms with Crippen LogP contribution in [0.3, 0.4) is 0 Å². The highest BCUT2D eigenvalue weighted by atomic mass is 16.4. The van der Waals surface area contributed by atoms with Gasteiger partial charge in [0.1, 0.15) is 0 Å². The van der Waals surface area contributed by atoms with Crippen LogP contribution in [0.1, 0.15) is 0 Å². The highest BCUT2D eigenvalue weighted by molar-refractivity contribution is 5.86. The Hall–Kier alpha value is -2.37. The van der Waals surface area contributed by atoms with Gasteiger partial charge in [-0.2, -0.15) is 4.57 Å². The van der Waals surface area contributed by atoms with Crippen molar-refractivity contribution >= 4 is 17.0 Å². The topological polar surface area (TPSA) is 92.2 Å². The van der Waals surface area contributed by atoms with E-state index in [9.17, 15) is 14.4 Å². The summed E-state index contributed by atoms with van der Waals surface area (Å²) in [4.78, 5) is 35.3. The highest BCUT2D eigenvalue weighted by Crippen LogP contribution is 2.05. The van der Waals surface area contributed by atoms with Crippen molar-refractivity contribution in [3.05, 3.63) is 45.1 Å². The molecule has 0 saturated heterocycles. The van der Waals surface area contributed by atoms with Crippen LogP contribution in [0, 0.1) is 0 Å². The second-order valence-electron chi connectivity index (χ2n) is 2.89. The molecule has 0 amide bonds. The van der Waals surface area contributed by atoms with Crippen LogP contribution in [-0.4, -0.2) is 20.8 Å². The molecule has 1 heterocycles. The minimum atomic E-state index is -1.42. The van der Waals surface area contributed by atoms with E-state index in [4.69, 9.17) is 5.11 Å². The maximum atomic E-state index is 11.3. The first-order valence-corrected chi connectivity index (χ1v) is 4.08. The Bertz CT molecular complexity index is 653. The summed E-state index contributed by atoms with van der Waals surface area (Å²) in [6.07, 6.45) is -1.42. The number of aromatic nitrogens is 2. The summed E-state index contributed by atoms with van der Waals surface area (Å²) in [6.45, 7) is 0. The second kappa shape index (κ2) is 3.09. The smallest absolute Gasteiger partial charge is 0.420 e. The van der Waals surface area contributed by atoms with E-state index in [1.54, 1.807) is 12.1 Å². The molecule has 1 aromatic heterocycles. The van der Waals surface area contributed by atoms with Crippen LogP contribution in [0.25, 0.3) is 10.9 Å². The zero-order valence-corrected chi connectivity index (χ0v) is 7.43. The molecule has 0 atom stereocenters. The summed E-state index contributed by atoms with van der Waals surface area (Å²) >= 11 is 0. The molecule has 76 valence electrons. The lowest BCUT2D eigenvalue weighted by Gasteiger charge is -2.02. The van der Waals surface area contributed by atoms with Gasteiger partial charge in [0.2, 0.25) is 0 Å². The lowest BCUT2D eigenvalue weighted by molar-refractivity contribution is 0.196. The lowest BCUT2D eigenvalue weighted by Crippen LogP contribution is -2.33. The number of H-pyrrole nitrogens is 1. The van der Waals surface area contributed by atoms with E-state index >= 15 is 0 Å². The Morgan fingerprint density at radius 2 is 1.93 bits per heavy atom. The Balaban J connectivity index is 3.10. The Morgan fingerprint density at radius 1 is 1.27 bits per heavy atom.